The monoisotopic (exact) mass is 289 g/mol. The Balaban J connectivity index is 2.18. The predicted octanol–water partition coefficient (Wildman–Crippen LogP) is 3.33. The van der Waals surface area contributed by atoms with Gasteiger partial charge < -0.3 is 4.84 Å². The van der Waals surface area contributed by atoms with Crippen molar-refractivity contribution in [2.45, 2.75) is 13.8 Å². The second-order valence-electron chi connectivity index (χ2n) is 4.35. The molecule has 1 aromatic carbocycles. The van der Waals surface area contributed by atoms with Crippen molar-refractivity contribution in [3.8, 4) is 0 Å². The van der Waals surface area contributed by atoms with Gasteiger partial charge in [0.1, 0.15) is 5.71 Å². The highest BCUT2D eigenvalue weighted by Crippen LogP contribution is 2.17. The van der Waals surface area contributed by atoms with E-state index in [0.717, 1.165) is 0 Å². The van der Waals surface area contributed by atoms with Gasteiger partial charge in [0, 0.05) is 0 Å². The summed E-state index contributed by atoms with van der Waals surface area (Å²) in [7, 11) is 0. The average Bonchev–Trinajstić information content (AvgIpc) is 2.41. The van der Waals surface area contributed by atoms with Crippen LogP contribution in [-0.2, 0) is 9.63 Å². The lowest BCUT2D eigenvalue weighted by Crippen LogP contribution is -2.11. The van der Waals surface area contributed by atoms with E-state index in [2.05, 4.69) is 5.16 Å². The minimum Gasteiger partial charge on any atom is -0.312 e. The van der Waals surface area contributed by atoms with E-state index in [9.17, 15) is 9.59 Å². The smallest absolute Gasteiger partial charge is 0.312 e. The van der Waals surface area contributed by atoms with Gasteiger partial charge in [-0.3, -0.25) is 4.79 Å². The van der Waals surface area contributed by atoms with Crippen LogP contribution in [0.2, 0.25) is 5.02 Å². The van der Waals surface area contributed by atoms with Crippen LogP contribution in [0.5, 0.6) is 0 Å². The molecule has 102 valence electrons. The van der Waals surface area contributed by atoms with E-state index < -0.39 is 5.97 Å². The molecule has 0 atom stereocenters. The highest BCUT2D eigenvalue weighted by atomic mass is 35.5. The number of rotatable bonds is 2. The molecule has 0 aromatic heterocycles. The fraction of sp³-hybridized carbons (Fsp3) is 0.133. The van der Waals surface area contributed by atoms with E-state index in [1.807, 2.05) is 0 Å². The average molecular weight is 290 g/mol. The van der Waals surface area contributed by atoms with Gasteiger partial charge in [-0.1, -0.05) is 28.9 Å². The Bertz CT molecular complexity index is 671. The van der Waals surface area contributed by atoms with Gasteiger partial charge in [-0.15, -0.1) is 0 Å². The van der Waals surface area contributed by atoms with E-state index in [-0.39, 0.29) is 11.3 Å². The Kier molecular flexibility index (Phi) is 4.15. The van der Waals surface area contributed by atoms with Crippen molar-refractivity contribution in [3.05, 3.63) is 58.1 Å². The molecule has 0 saturated heterocycles. The molecule has 0 fully saturated rings. The molecule has 0 aliphatic heterocycles. The first-order valence-corrected chi connectivity index (χ1v) is 6.32. The summed E-state index contributed by atoms with van der Waals surface area (Å²) in [4.78, 5) is 28.1. The molecule has 0 amide bonds. The summed E-state index contributed by atoms with van der Waals surface area (Å²) in [5.41, 5.74) is 1.88. The molecule has 1 aromatic rings. The standard InChI is InChI=1S/C15H12ClNO3/c1-9-8-14(18)10(2)7-13(9)17-20-15(19)11-5-3-4-6-12(11)16/h3-8H,1-2H3. The Morgan fingerprint density at radius 3 is 2.55 bits per heavy atom. The number of hydrogen-bond donors (Lipinski definition) is 0. The van der Waals surface area contributed by atoms with Crippen LogP contribution in [0.15, 0.2) is 52.7 Å². The topological polar surface area (TPSA) is 55.7 Å². The molecule has 5 heteroatoms. The van der Waals surface area contributed by atoms with E-state index in [4.69, 9.17) is 16.4 Å². The van der Waals surface area contributed by atoms with E-state index in [1.165, 1.54) is 6.08 Å². The maximum atomic E-state index is 11.8. The highest BCUT2D eigenvalue weighted by molar-refractivity contribution is 6.33. The van der Waals surface area contributed by atoms with Crippen molar-refractivity contribution < 1.29 is 14.4 Å². The van der Waals surface area contributed by atoms with Crippen molar-refractivity contribution >= 4 is 29.1 Å². The predicted molar refractivity (Wildman–Crippen MR) is 76.8 cm³/mol. The minimum atomic E-state index is -0.640. The van der Waals surface area contributed by atoms with Crippen LogP contribution >= 0.6 is 11.6 Å². The van der Waals surface area contributed by atoms with Crippen LogP contribution < -0.4 is 0 Å². The number of ketones is 1. The van der Waals surface area contributed by atoms with E-state index in [0.29, 0.717) is 21.9 Å². The maximum absolute atomic E-state index is 11.8. The fourth-order valence-corrected chi connectivity index (χ4v) is 1.85. The van der Waals surface area contributed by atoms with Crippen molar-refractivity contribution in [3.63, 3.8) is 0 Å². The highest BCUT2D eigenvalue weighted by Gasteiger charge is 2.15. The Hall–Kier alpha value is -2.20. The summed E-state index contributed by atoms with van der Waals surface area (Å²) in [6, 6.07) is 6.56. The molecule has 0 N–H and O–H groups in total. The van der Waals surface area contributed by atoms with Crippen molar-refractivity contribution in [2.24, 2.45) is 5.16 Å². The van der Waals surface area contributed by atoms with Crippen LogP contribution in [0.3, 0.4) is 0 Å². The summed E-state index contributed by atoms with van der Waals surface area (Å²) in [6.45, 7) is 3.40. The van der Waals surface area contributed by atoms with Gasteiger partial charge in [0.2, 0.25) is 0 Å². The van der Waals surface area contributed by atoms with Crippen LogP contribution in [0.1, 0.15) is 24.2 Å². The molecular formula is C15H12ClNO3. The number of carbonyl (C=O) groups is 2. The number of carbonyl (C=O) groups excluding carboxylic acids is 2. The van der Waals surface area contributed by atoms with Gasteiger partial charge in [-0.2, -0.15) is 0 Å². The molecule has 2 rings (SSSR count). The third-order valence-electron chi connectivity index (χ3n) is 2.81. The van der Waals surface area contributed by atoms with Crippen LogP contribution in [0.4, 0.5) is 0 Å². The largest absolute Gasteiger partial charge is 0.367 e. The lowest BCUT2D eigenvalue weighted by atomic mass is 9.99. The Labute approximate surface area is 121 Å². The zero-order valence-corrected chi connectivity index (χ0v) is 11.8. The van der Waals surface area contributed by atoms with Crippen LogP contribution in [0, 0.1) is 0 Å². The molecule has 0 saturated carbocycles. The first-order valence-electron chi connectivity index (χ1n) is 5.94. The Morgan fingerprint density at radius 2 is 1.85 bits per heavy atom. The van der Waals surface area contributed by atoms with Crippen molar-refractivity contribution in [2.75, 3.05) is 0 Å². The van der Waals surface area contributed by atoms with Gasteiger partial charge in [0.25, 0.3) is 0 Å². The first kappa shape index (κ1) is 14.2. The summed E-state index contributed by atoms with van der Waals surface area (Å²) >= 11 is 5.89. The molecule has 0 unspecified atom stereocenters. The fourth-order valence-electron chi connectivity index (χ4n) is 1.64. The minimum absolute atomic E-state index is 0.0705. The lowest BCUT2D eigenvalue weighted by Gasteiger charge is -2.08. The third kappa shape index (κ3) is 3.03. The van der Waals surface area contributed by atoms with Gasteiger partial charge in [0.05, 0.1) is 10.6 Å². The molecule has 0 heterocycles. The number of halogens is 1. The number of benzene rings is 1. The number of hydrogen-bond acceptors (Lipinski definition) is 4. The summed E-state index contributed by atoms with van der Waals surface area (Å²) in [5.74, 6) is -0.710. The second-order valence-corrected chi connectivity index (χ2v) is 4.76. The number of allylic oxidation sites excluding steroid dienone is 4. The number of nitrogens with zero attached hydrogens (tertiary/aromatic N) is 1. The molecular weight excluding hydrogens is 278 g/mol. The van der Waals surface area contributed by atoms with Crippen molar-refractivity contribution in [1.82, 2.24) is 0 Å². The van der Waals surface area contributed by atoms with E-state index in [1.54, 1.807) is 44.2 Å². The third-order valence-corrected chi connectivity index (χ3v) is 3.14. The van der Waals surface area contributed by atoms with Gasteiger partial charge in [-0.25, -0.2) is 4.79 Å². The molecule has 0 radical (unpaired) electrons. The van der Waals surface area contributed by atoms with Gasteiger partial charge in [0.15, 0.2) is 5.78 Å². The zero-order valence-electron chi connectivity index (χ0n) is 11.0. The summed E-state index contributed by atoms with van der Waals surface area (Å²) < 4.78 is 0. The van der Waals surface area contributed by atoms with E-state index >= 15 is 0 Å². The lowest BCUT2D eigenvalue weighted by molar-refractivity contribution is -0.111. The molecule has 20 heavy (non-hydrogen) atoms. The second kappa shape index (κ2) is 5.84. The normalized spacial score (nSPS) is 16.8. The Morgan fingerprint density at radius 1 is 1.15 bits per heavy atom. The summed E-state index contributed by atoms with van der Waals surface area (Å²) in [6.07, 6.45) is 3.04. The first-order chi connectivity index (χ1) is 9.49. The number of oxime groups is 1. The van der Waals surface area contributed by atoms with Crippen molar-refractivity contribution in [1.29, 1.82) is 0 Å². The van der Waals surface area contributed by atoms with Gasteiger partial charge >= 0.3 is 5.97 Å². The molecule has 1 aliphatic carbocycles. The quantitative estimate of drug-likeness (QED) is 0.477. The molecule has 0 spiro atoms. The molecule has 4 nitrogen and oxygen atoms in total. The molecule has 1 aliphatic rings. The van der Waals surface area contributed by atoms with Crippen LogP contribution in [0.25, 0.3) is 0 Å². The molecule has 0 bridgehead atoms. The summed E-state index contributed by atoms with van der Waals surface area (Å²) in [5, 5.41) is 4.08. The maximum Gasteiger partial charge on any atom is 0.367 e. The SMILES string of the molecule is CC1=CC(=NOC(=O)c2ccccc2Cl)C(C)=CC1=O. The van der Waals surface area contributed by atoms with Gasteiger partial charge in [-0.05, 0) is 49.3 Å². The zero-order chi connectivity index (χ0) is 14.7. The van der Waals surface area contributed by atoms with Crippen LogP contribution in [-0.4, -0.2) is 17.5 Å².